The molecule has 0 aromatic carbocycles. The van der Waals surface area contributed by atoms with Gasteiger partial charge in [-0.2, -0.15) is 0 Å². The Morgan fingerprint density at radius 1 is 0.947 bits per heavy atom. The average Bonchev–Trinajstić information content (AvgIpc) is 2.65. The van der Waals surface area contributed by atoms with Crippen molar-refractivity contribution in [3.63, 3.8) is 0 Å². The Labute approximate surface area is 114 Å². The van der Waals surface area contributed by atoms with Crippen LogP contribution in [0.3, 0.4) is 0 Å². The molecule has 0 bridgehead atoms. The number of hydrogen-bond acceptors (Lipinski definition) is 3. The van der Waals surface area contributed by atoms with Gasteiger partial charge in [0.25, 0.3) is 0 Å². The maximum Gasteiger partial charge on any atom is 0.233 e. The number of likely N-dealkylation sites (tertiary alicyclic amines) is 1. The van der Waals surface area contributed by atoms with Gasteiger partial charge in [-0.25, -0.2) is 0 Å². The van der Waals surface area contributed by atoms with Crippen LogP contribution in [0.25, 0.3) is 0 Å². The molecule has 106 valence electrons. The molecule has 4 nitrogen and oxygen atoms in total. The second-order valence-corrected chi connectivity index (χ2v) is 6.47. The molecular weight excluding hydrogens is 242 g/mol. The highest BCUT2D eigenvalue weighted by Gasteiger charge is 2.48. The summed E-state index contributed by atoms with van der Waals surface area (Å²) in [5.41, 5.74) is 0. The summed E-state index contributed by atoms with van der Waals surface area (Å²) in [6.07, 6.45) is 7.34. The standard InChI is InChI=1S/C15H23NO3/c17-11-5-3-4-10(8-11)9-16-14(18)12-6-1-2-7-13(12)15(16)19/h10-13,17H,1-9H2. The van der Waals surface area contributed by atoms with Crippen molar-refractivity contribution in [1.82, 2.24) is 4.90 Å². The Morgan fingerprint density at radius 3 is 2.16 bits per heavy atom. The molecule has 4 heteroatoms. The molecule has 0 aromatic rings. The molecule has 4 unspecified atom stereocenters. The summed E-state index contributed by atoms with van der Waals surface area (Å²) in [6.45, 7) is 0.543. The zero-order valence-electron chi connectivity index (χ0n) is 11.4. The molecular formula is C15H23NO3. The third-order valence-corrected chi connectivity index (χ3v) is 5.13. The van der Waals surface area contributed by atoms with Crippen LogP contribution in [0.15, 0.2) is 0 Å². The summed E-state index contributed by atoms with van der Waals surface area (Å²) >= 11 is 0. The molecule has 1 saturated heterocycles. The average molecular weight is 265 g/mol. The van der Waals surface area contributed by atoms with Gasteiger partial charge < -0.3 is 5.11 Å². The molecule has 3 rings (SSSR count). The van der Waals surface area contributed by atoms with E-state index in [0.717, 1.165) is 51.4 Å². The summed E-state index contributed by atoms with van der Waals surface area (Å²) in [6, 6.07) is 0. The molecule has 3 aliphatic rings. The number of hydrogen-bond donors (Lipinski definition) is 1. The first-order valence-electron chi connectivity index (χ1n) is 7.70. The highest BCUT2D eigenvalue weighted by molar-refractivity contribution is 6.05. The van der Waals surface area contributed by atoms with E-state index in [1.54, 1.807) is 0 Å². The van der Waals surface area contributed by atoms with Gasteiger partial charge in [0.2, 0.25) is 11.8 Å². The van der Waals surface area contributed by atoms with Gasteiger partial charge in [-0.1, -0.05) is 19.3 Å². The van der Waals surface area contributed by atoms with E-state index in [2.05, 4.69) is 0 Å². The van der Waals surface area contributed by atoms with E-state index in [0.29, 0.717) is 12.5 Å². The molecule has 0 radical (unpaired) electrons. The number of amides is 2. The van der Waals surface area contributed by atoms with E-state index < -0.39 is 0 Å². The number of aliphatic hydroxyl groups excluding tert-OH is 1. The van der Waals surface area contributed by atoms with Gasteiger partial charge in [-0.3, -0.25) is 14.5 Å². The highest BCUT2D eigenvalue weighted by atomic mass is 16.3. The maximum atomic E-state index is 12.3. The largest absolute Gasteiger partial charge is 0.393 e. The fourth-order valence-electron chi connectivity index (χ4n) is 4.10. The van der Waals surface area contributed by atoms with Crippen molar-refractivity contribution in [1.29, 1.82) is 0 Å². The van der Waals surface area contributed by atoms with E-state index in [1.165, 1.54) is 4.90 Å². The zero-order valence-corrected chi connectivity index (χ0v) is 11.4. The number of imide groups is 1. The van der Waals surface area contributed by atoms with Crippen molar-refractivity contribution < 1.29 is 14.7 Å². The lowest BCUT2D eigenvalue weighted by atomic mass is 9.81. The Bertz CT molecular complexity index is 358. The molecule has 1 aliphatic heterocycles. The third-order valence-electron chi connectivity index (χ3n) is 5.13. The molecule has 4 atom stereocenters. The Morgan fingerprint density at radius 2 is 1.58 bits per heavy atom. The number of rotatable bonds is 2. The fourth-order valence-corrected chi connectivity index (χ4v) is 4.10. The first-order chi connectivity index (χ1) is 9.16. The summed E-state index contributed by atoms with van der Waals surface area (Å²) < 4.78 is 0. The van der Waals surface area contributed by atoms with Crippen molar-refractivity contribution in [2.75, 3.05) is 6.54 Å². The van der Waals surface area contributed by atoms with Crippen molar-refractivity contribution in [3.05, 3.63) is 0 Å². The zero-order chi connectivity index (χ0) is 13.4. The van der Waals surface area contributed by atoms with E-state index in [-0.39, 0.29) is 29.8 Å². The SMILES string of the molecule is O=C1C2CCCCC2C(=O)N1CC1CCCC(O)C1. The van der Waals surface area contributed by atoms with Crippen LogP contribution in [-0.2, 0) is 9.59 Å². The molecule has 3 fully saturated rings. The fraction of sp³-hybridized carbons (Fsp3) is 0.867. The molecule has 19 heavy (non-hydrogen) atoms. The van der Waals surface area contributed by atoms with Crippen LogP contribution in [0.2, 0.25) is 0 Å². The summed E-state index contributed by atoms with van der Waals surface area (Å²) in [5, 5.41) is 9.70. The predicted octanol–water partition coefficient (Wildman–Crippen LogP) is 1.71. The smallest absolute Gasteiger partial charge is 0.233 e. The second-order valence-electron chi connectivity index (χ2n) is 6.47. The van der Waals surface area contributed by atoms with E-state index in [9.17, 15) is 14.7 Å². The van der Waals surface area contributed by atoms with Crippen LogP contribution < -0.4 is 0 Å². The van der Waals surface area contributed by atoms with Gasteiger partial charge in [0.1, 0.15) is 0 Å². The van der Waals surface area contributed by atoms with E-state index in [4.69, 9.17) is 0 Å². The lowest BCUT2D eigenvalue weighted by Crippen LogP contribution is -2.37. The van der Waals surface area contributed by atoms with Crippen molar-refractivity contribution in [2.45, 2.75) is 57.5 Å². The van der Waals surface area contributed by atoms with Crippen LogP contribution in [-0.4, -0.2) is 34.5 Å². The van der Waals surface area contributed by atoms with Gasteiger partial charge in [0.05, 0.1) is 17.9 Å². The lowest BCUT2D eigenvalue weighted by Gasteiger charge is -2.28. The number of carbonyl (C=O) groups is 2. The molecule has 2 saturated carbocycles. The van der Waals surface area contributed by atoms with Gasteiger partial charge >= 0.3 is 0 Å². The molecule has 1 heterocycles. The first-order valence-corrected chi connectivity index (χ1v) is 7.70. The Kier molecular flexibility index (Phi) is 3.61. The van der Waals surface area contributed by atoms with Gasteiger partial charge in [-0.15, -0.1) is 0 Å². The summed E-state index contributed by atoms with van der Waals surface area (Å²) in [4.78, 5) is 26.2. The van der Waals surface area contributed by atoms with Crippen LogP contribution >= 0.6 is 0 Å². The van der Waals surface area contributed by atoms with E-state index in [1.807, 2.05) is 0 Å². The monoisotopic (exact) mass is 265 g/mol. The quantitative estimate of drug-likeness (QED) is 0.773. The minimum absolute atomic E-state index is 0.0326. The molecule has 2 aliphatic carbocycles. The van der Waals surface area contributed by atoms with Crippen molar-refractivity contribution >= 4 is 11.8 Å². The predicted molar refractivity (Wildman–Crippen MR) is 70.1 cm³/mol. The summed E-state index contributed by atoms with van der Waals surface area (Å²) in [7, 11) is 0. The minimum Gasteiger partial charge on any atom is -0.393 e. The van der Waals surface area contributed by atoms with Gasteiger partial charge in [0.15, 0.2) is 0 Å². The number of aliphatic hydroxyl groups is 1. The number of fused-ring (bicyclic) bond motifs is 1. The normalized spacial score (nSPS) is 39.5. The molecule has 0 aromatic heterocycles. The minimum atomic E-state index is -0.242. The number of carbonyl (C=O) groups excluding carboxylic acids is 2. The molecule has 2 amide bonds. The van der Waals surface area contributed by atoms with Crippen LogP contribution in [0, 0.1) is 17.8 Å². The molecule has 1 N–H and O–H groups in total. The van der Waals surface area contributed by atoms with Gasteiger partial charge in [0, 0.05) is 6.54 Å². The van der Waals surface area contributed by atoms with Crippen LogP contribution in [0.4, 0.5) is 0 Å². The first kappa shape index (κ1) is 13.1. The topological polar surface area (TPSA) is 57.6 Å². The van der Waals surface area contributed by atoms with Crippen molar-refractivity contribution in [3.8, 4) is 0 Å². The van der Waals surface area contributed by atoms with Crippen molar-refractivity contribution in [2.24, 2.45) is 17.8 Å². The van der Waals surface area contributed by atoms with Gasteiger partial charge in [-0.05, 0) is 38.0 Å². The highest BCUT2D eigenvalue weighted by Crippen LogP contribution is 2.39. The Hall–Kier alpha value is -0.900. The molecule has 0 spiro atoms. The number of nitrogens with zero attached hydrogens (tertiary/aromatic N) is 1. The summed E-state index contributed by atoms with van der Waals surface area (Å²) in [5.74, 6) is 0.367. The van der Waals surface area contributed by atoms with E-state index >= 15 is 0 Å². The lowest BCUT2D eigenvalue weighted by molar-refractivity contribution is -0.141. The maximum absolute atomic E-state index is 12.3. The third kappa shape index (κ3) is 2.42. The van der Waals surface area contributed by atoms with Crippen LogP contribution in [0.1, 0.15) is 51.4 Å². The Balaban J connectivity index is 1.67. The van der Waals surface area contributed by atoms with Crippen LogP contribution in [0.5, 0.6) is 0 Å². The second kappa shape index (κ2) is 5.23.